The highest BCUT2D eigenvalue weighted by atomic mass is 35.5. The van der Waals surface area contributed by atoms with Crippen LogP contribution in [-0.2, 0) is 9.59 Å². The van der Waals surface area contributed by atoms with Crippen molar-refractivity contribution in [1.29, 1.82) is 0 Å². The van der Waals surface area contributed by atoms with E-state index < -0.39 is 47.9 Å². The van der Waals surface area contributed by atoms with Gasteiger partial charge in [0.1, 0.15) is 17.2 Å². The molecule has 39 heavy (non-hydrogen) atoms. The SMILES string of the molecule is C[C@@H]1CC[C@@H]2C(=O)N(N(CC(=O)c3ccc(OC(=O)c4cccs4)cc3)C(=O)c3ccc(Cl)cc3)C(=O)[C@H]2C1. The predicted molar refractivity (Wildman–Crippen MR) is 144 cm³/mol. The number of carbonyl (C=O) groups is 5. The first-order valence-electron chi connectivity index (χ1n) is 12.6. The van der Waals surface area contributed by atoms with Crippen LogP contribution in [0.25, 0.3) is 0 Å². The lowest BCUT2D eigenvalue weighted by molar-refractivity contribution is -0.154. The summed E-state index contributed by atoms with van der Waals surface area (Å²) in [6.45, 7) is 1.51. The second-order valence-electron chi connectivity index (χ2n) is 9.80. The molecule has 0 radical (unpaired) electrons. The van der Waals surface area contributed by atoms with Crippen LogP contribution in [0.15, 0.2) is 66.0 Å². The van der Waals surface area contributed by atoms with Gasteiger partial charge in [0.05, 0.1) is 11.8 Å². The molecule has 3 aromatic rings. The molecule has 2 aromatic carbocycles. The molecule has 1 aromatic heterocycles. The van der Waals surface area contributed by atoms with Gasteiger partial charge in [0.15, 0.2) is 5.78 Å². The van der Waals surface area contributed by atoms with Crippen molar-refractivity contribution in [3.05, 3.63) is 87.1 Å². The van der Waals surface area contributed by atoms with E-state index in [0.29, 0.717) is 22.7 Å². The number of rotatable bonds is 7. The van der Waals surface area contributed by atoms with E-state index >= 15 is 0 Å². The number of esters is 1. The zero-order valence-electron chi connectivity index (χ0n) is 21.0. The van der Waals surface area contributed by atoms with E-state index in [1.807, 2.05) is 6.92 Å². The first-order valence-corrected chi connectivity index (χ1v) is 13.8. The number of fused-ring (bicyclic) bond motifs is 1. The first kappa shape index (κ1) is 26.8. The zero-order valence-corrected chi connectivity index (χ0v) is 22.6. The molecule has 0 bridgehead atoms. The van der Waals surface area contributed by atoms with Gasteiger partial charge in [-0.05, 0) is 85.2 Å². The number of thiophene rings is 1. The third-order valence-electron chi connectivity index (χ3n) is 7.13. The molecule has 1 saturated carbocycles. The number of Topliss-reactive ketones (excluding diaryl/α,β-unsaturated/α-hetero) is 1. The number of hydrogen-bond acceptors (Lipinski definition) is 7. The predicted octanol–water partition coefficient (Wildman–Crippen LogP) is 5.28. The molecule has 1 aliphatic heterocycles. The van der Waals surface area contributed by atoms with E-state index in [0.717, 1.165) is 16.4 Å². The van der Waals surface area contributed by atoms with Crippen LogP contribution in [0.1, 0.15) is 56.6 Å². The van der Waals surface area contributed by atoms with Crippen LogP contribution in [0.2, 0.25) is 5.02 Å². The number of hydrazine groups is 1. The minimum atomic E-state index is -0.657. The van der Waals surface area contributed by atoms with E-state index in [1.54, 1.807) is 17.5 Å². The molecule has 8 nitrogen and oxygen atoms in total. The number of hydrogen-bond donors (Lipinski definition) is 0. The molecule has 1 aliphatic carbocycles. The van der Waals surface area contributed by atoms with Crippen LogP contribution < -0.4 is 4.74 Å². The highest BCUT2D eigenvalue weighted by molar-refractivity contribution is 7.12. The van der Waals surface area contributed by atoms with Gasteiger partial charge in [-0.1, -0.05) is 24.6 Å². The van der Waals surface area contributed by atoms with Crippen molar-refractivity contribution in [3.8, 4) is 5.75 Å². The number of imide groups is 1. The number of ketones is 1. The molecule has 3 atom stereocenters. The van der Waals surface area contributed by atoms with Gasteiger partial charge in [-0.3, -0.25) is 19.2 Å². The lowest BCUT2D eigenvalue weighted by Crippen LogP contribution is -2.52. The number of carbonyl (C=O) groups excluding carboxylic acids is 5. The summed E-state index contributed by atoms with van der Waals surface area (Å²) in [5.41, 5.74) is 0.414. The van der Waals surface area contributed by atoms with Crippen LogP contribution in [0.4, 0.5) is 0 Å². The van der Waals surface area contributed by atoms with Gasteiger partial charge in [-0.15, -0.1) is 11.3 Å². The molecule has 0 unspecified atom stereocenters. The fourth-order valence-corrected chi connectivity index (χ4v) is 5.80. The Kier molecular flexibility index (Phi) is 7.63. The van der Waals surface area contributed by atoms with E-state index in [9.17, 15) is 24.0 Å². The summed E-state index contributed by atoms with van der Waals surface area (Å²) >= 11 is 7.23. The van der Waals surface area contributed by atoms with Crippen LogP contribution in [0, 0.1) is 17.8 Å². The fraction of sp³-hybridized carbons (Fsp3) is 0.276. The molecule has 0 N–H and O–H groups in total. The largest absolute Gasteiger partial charge is 0.422 e. The monoisotopic (exact) mass is 564 g/mol. The summed E-state index contributed by atoms with van der Waals surface area (Å²) in [5, 5.41) is 4.01. The Morgan fingerprint density at radius 3 is 2.28 bits per heavy atom. The van der Waals surface area contributed by atoms with Crippen molar-refractivity contribution in [2.75, 3.05) is 6.54 Å². The molecular weight excluding hydrogens is 540 g/mol. The lowest BCUT2D eigenvalue weighted by Gasteiger charge is -2.30. The second-order valence-corrected chi connectivity index (χ2v) is 11.2. The maximum absolute atomic E-state index is 13.6. The molecule has 0 spiro atoms. The minimum absolute atomic E-state index is 0.187. The lowest BCUT2D eigenvalue weighted by atomic mass is 9.76. The Morgan fingerprint density at radius 2 is 1.62 bits per heavy atom. The average molecular weight is 565 g/mol. The van der Waals surface area contributed by atoms with Crippen LogP contribution in [-0.4, -0.2) is 46.0 Å². The van der Waals surface area contributed by atoms with Crippen molar-refractivity contribution in [1.82, 2.24) is 10.0 Å². The highest BCUT2D eigenvalue weighted by Crippen LogP contribution is 2.41. The molecule has 2 fully saturated rings. The van der Waals surface area contributed by atoms with Crippen LogP contribution in [0.3, 0.4) is 0 Å². The Morgan fingerprint density at radius 1 is 0.949 bits per heavy atom. The number of amides is 3. The summed E-state index contributed by atoms with van der Waals surface area (Å²) in [6.07, 6.45) is 1.95. The second kappa shape index (κ2) is 11.1. The Hall–Kier alpha value is -3.82. The average Bonchev–Trinajstić information content (AvgIpc) is 3.55. The summed E-state index contributed by atoms with van der Waals surface area (Å²) in [7, 11) is 0. The Balaban J connectivity index is 1.38. The van der Waals surface area contributed by atoms with Gasteiger partial charge in [0.25, 0.3) is 17.7 Å². The van der Waals surface area contributed by atoms with Crippen molar-refractivity contribution in [2.24, 2.45) is 17.8 Å². The van der Waals surface area contributed by atoms with Crippen molar-refractivity contribution in [3.63, 3.8) is 0 Å². The third kappa shape index (κ3) is 5.51. The minimum Gasteiger partial charge on any atom is -0.422 e. The fourth-order valence-electron chi connectivity index (χ4n) is 5.07. The number of nitrogens with zero attached hydrogens (tertiary/aromatic N) is 2. The van der Waals surface area contributed by atoms with Gasteiger partial charge >= 0.3 is 5.97 Å². The Bertz CT molecular complexity index is 1420. The standard InChI is InChI=1S/C29H25ClN2O6S/c1-17-4-13-22-23(15-17)28(36)32(27(22)35)31(26(34)19-5-9-20(30)10-6-19)16-24(33)18-7-11-21(12-8-18)38-29(37)25-3-2-14-39-25/h2-3,5-12,14,17,22-23H,4,13,15-16H2,1H3/t17-,22+,23+/m1/s1. The van der Waals surface area contributed by atoms with Gasteiger partial charge < -0.3 is 4.74 Å². The maximum atomic E-state index is 13.6. The third-order valence-corrected chi connectivity index (χ3v) is 8.24. The van der Waals surface area contributed by atoms with Crippen LogP contribution >= 0.6 is 22.9 Å². The summed E-state index contributed by atoms with van der Waals surface area (Å²) in [6, 6.07) is 15.3. The van der Waals surface area contributed by atoms with Gasteiger partial charge in [-0.25, -0.2) is 9.80 Å². The molecule has 2 aliphatic rings. The molecule has 200 valence electrons. The van der Waals surface area contributed by atoms with Crippen molar-refractivity contribution < 1.29 is 28.7 Å². The van der Waals surface area contributed by atoms with E-state index in [4.69, 9.17) is 16.3 Å². The highest BCUT2D eigenvalue weighted by Gasteiger charge is 2.52. The summed E-state index contributed by atoms with van der Waals surface area (Å²) in [4.78, 5) is 66.4. The number of ether oxygens (including phenoxy) is 1. The van der Waals surface area contributed by atoms with Crippen LogP contribution in [0.5, 0.6) is 5.75 Å². The first-order chi connectivity index (χ1) is 18.7. The van der Waals surface area contributed by atoms with E-state index in [2.05, 4.69) is 0 Å². The van der Waals surface area contributed by atoms with Gasteiger partial charge in [0.2, 0.25) is 0 Å². The molecule has 2 heterocycles. The van der Waals surface area contributed by atoms with Gasteiger partial charge in [0, 0.05) is 16.1 Å². The van der Waals surface area contributed by atoms with Crippen molar-refractivity contribution >= 4 is 52.4 Å². The maximum Gasteiger partial charge on any atom is 0.353 e. The topological polar surface area (TPSA) is 101 Å². The normalized spacial score (nSPS) is 20.5. The van der Waals surface area contributed by atoms with E-state index in [-0.39, 0.29) is 22.8 Å². The van der Waals surface area contributed by atoms with Crippen molar-refractivity contribution in [2.45, 2.75) is 26.2 Å². The smallest absolute Gasteiger partial charge is 0.353 e. The molecule has 10 heteroatoms. The molecular formula is C29H25ClN2O6S. The Labute approximate surface area is 234 Å². The van der Waals surface area contributed by atoms with E-state index in [1.165, 1.54) is 59.9 Å². The molecule has 5 rings (SSSR count). The number of benzene rings is 2. The summed E-state index contributed by atoms with van der Waals surface area (Å²) in [5.74, 6) is -3.03. The zero-order chi connectivity index (χ0) is 27.7. The number of halogens is 1. The summed E-state index contributed by atoms with van der Waals surface area (Å²) < 4.78 is 5.34. The van der Waals surface area contributed by atoms with Gasteiger partial charge in [-0.2, -0.15) is 5.01 Å². The molecule has 1 saturated heterocycles. The quantitative estimate of drug-likeness (QED) is 0.167. The molecule has 3 amide bonds.